The van der Waals surface area contributed by atoms with Gasteiger partial charge in [-0.3, -0.25) is 4.79 Å². The first kappa shape index (κ1) is 19.2. The maximum Gasteiger partial charge on any atom is 0.251 e. The highest BCUT2D eigenvalue weighted by atomic mass is 16.5. The van der Waals surface area contributed by atoms with Gasteiger partial charge in [0.15, 0.2) is 0 Å². The van der Waals surface area contributed by atoms with Gasteiger partial charge in [0.1, 0.15) is 12.4 Å². The molecule has 0 saturated carbocycles. The van der Waals surface area contributed by atoms with E-state index in [4.69, 9.17) is 9.47 Å². The first-order valence-corrected chi connectivity index (χ1v) is 10.2. The van der Waals surface area contributed by atoms with Gasteiger partial charge in [0, 0.05) is 18.7 Å². The highest BCUT2D eigenvalue weighted by Crippen LogP contribution is 2.16. The summed E-state index contributed by atoms with van der Waals surface area (Å²) in [5.74, 6) is 0.782. The molecule has 2 saturated heterocycles. The standard InChI is InChI=1S/C21H32N2O3/c24-21(22-12-6-15-23-13-3-1-2-4-14-23)18-8-10-19(11-9-18)26-17-20-7-5-16-25-20/h8-11,20H,1-7,12-17H2,(H,22,24). The smallest absolute Gasteiger partial charge is 0.251 e. The Morgan fingerprint density at radius 3 is 2.58 bits per heavy atom. The van der Waals surface area contributed by atoms with Crippen LogP contribution in [0.15, 0.2) is 24.3 Å². The van der Waals surface area contributed by atoms with Crippen molar-refractivity contribution in [1.29, 1.82) is 0 Å². The fourth-order valence-electron chi connectivity index (χ4n) is 3.63. The quantitative estimate of drug-likeness (QED) is 0.723. The van der Waals surface area contributed by atoms with Crippen LogP contribution in [0.5, 0.6) is 5.75 Å². The number of hydrogen-bond acceptors (Lipinski definition) is 4. The zero-order valence-electron chi connectivity index (χ0n) is 15.8. The normalized spacial score (nSPS) is 21.3. The van der Waals surface area contributed by atoms with Crippen LogP contribution >= 0.6 is 0 Å². The molecule has 1 amide bonds. The maximum atomic E-state index is 12.2. The number of carbonyl (C=O) groups excluding carboxylic acids is 1. The zero-order valence-corrected chi connectivity index (χ0v) is 15.8. The van der Waals surface area contributed by atoms with Crippen molar-refractivity contribution < 1.29 is 14.3 Å². The Morgan fingerprint density at radius 1 is 1.12 bits per heavy atom. The molecule has 2 heterocycles. The zero-order chi connectivity index (χ0) is 18.0. The number of hydrogen-bond donors (Lipinski definition) is 1. The van der Waals surface area contributed by atoms with Gasteiger partial charge < -0.3 is 19.7 Å². The van der Waals surface area contributed by atoms with Gasteiger partial charge in [-0.05, 0) is 76.0 Å². The summed E-state index contributed by atoms with van der Waals surface area (Å²) >= 11 is 0. The van der Waals surface area contributed by atoms with E-state index in [-0.39, 0.29) is 12.0 Å². The van der Waals surface area contributed by atoms with Crippen LogP contribution in [0, 0.1) is 0 Å². The largest absolute Gasteiger partial charge is 0.491 e. The predicted octanol–water partition coefficient (Wildman–Crippen LogP) is 3.24. The molecule has 1 N–H and O–H groups in total. The third-order valence-corrected chi connectivity index (χ3v) is 5.21. The molecule has 1 atom stereocenters. The fourth-order valence-corrected chi connectivity index (χ4v) is 3.63. The summed E-state index contributed by atoms with van der Waals surface area (Å²) in [5.41, 5.74) is 0.684. The molecule has 2 aliphatic heterocycles. The monoisotopic (exact) mass is 360 g/mol. The molecule has 1 unspecified atom stereocenters. The summed E-state index contributed by atoms with van der Waals surface area (Å²) in [4.78, 5) is 14.8. The molecular formula is C21H32N2O3. The Hall–Kier alpha value is -1.59. The van der Waals surface area contributed by atoms with E-state index in [2.05, 4.69) is 10.2 Å². The van der Waals surface area contributed by atoms with Crippen LogP contribution in [0.25, 0.3) is 0 Å². The second-order valence-corrected chi connectivity index (χ2v) is 7.34. The van der Waals surface area contributed by atoms with Crippen LogP contribution in [0.1, 0.15) is 55.3 Å². The summed E-state index contributed by atoms with van der Waals surface area (Å²) < 4.78 is 11.3. The van der Waals surface area contributed by atoms with Crippen LogP contribution in [0.4, 0.5) is 0 Å². The van der Waals surface area contributed by atoms with Crippen LogP contribution < -0.4 is 10.1 Å². The number of nitrogens with one attached hydrogen (secondary N) is 1. The first-order chi connectivity index (χ1) is 12.8. The topological polar surface area (TPSA) is 50.8 Å². The Balaban J connectivity index is 1.33. The molecule has 0 spiro atoms. The molecule has 1 aromatic rings. The molecule has 3 rings (SSSR count). The minimum absolute atomic E-state index is 0.00783. The van der Waals surface area contributed by atoms with Crippen molar-refractivity contribution in [3.05, 3.63) is 29.8 Å². The van der Waals surface area contributed by atoms with Crippen molar-refractivity contribution in [2.24, 2.45) is 0 Å². The van der Waals surface area contributed by atoms with Crippen molar-refractivity contribution in [1.82, 2.24) is 10.2 Å². The lowest BCUT2D eigenvalue weighted by Crippen LogP contribution is -2.30. The molecule has 2 aliphatic rings. The second-order valence-electron chi connectivity index (χ2n) is 7.34. The molecule has 0 aliphatic carbocycles. The Labute approximate surface area is 157 Å². The van der Waals surface area contributed by atoms with E-state index in [0.717, 1.165) is 44.7 Å². The molecule has 0 bridgehead atoms. The molecule has 0 radical (unpaired) electrons. The van der Waals surface area contributed by atoms with E-state index in [1.54, 1.807) is 0 Å². The number of ether oxygens (including phenoxy) is 2. The van der Waals surface area contributed by atoms with Gasteiger partial charge in [-0.15, -0.1) is 0 Å². The number of nitrogens with zero attached hydrogens (tertiary/aromatic N) is 1. The second kappa shape index (κ2) is 10.5. The molecule has 2 fully saturated rings. The average Bonchev–Trinajstić information content (AvgIpc) is 3.06. The van der Waals surface area contributed by atoms with Crippen LogP contribution in [0.2, 0.25) is 0 Å². The summed E-state index contributed by atoms with van der Waals surface area (Å²) in [7, 11) is 0. The minimum Gasteiger partial charge on any atom is -0.491 e. The first-order valence-electron chi connectivity index (χ1n) is 10.2. The molecule has 26 heavy (non-hydrogen) atoms. The van der Waals surface area contributed by atoms with E-state index in [9.17, 15) is 4.79 Å². The van der Waals surface area contributed by atoms with Gasteiger partial charge in [0.2, 0.25) is 0 Å². The fraction of sp³-hybridized carbons (Fsp3) is 0.667. The molecule has 1 aromatic carbocycles. The number of benzene rings is 1. The number of likely N-dealkylation sites (tertiary alicyclic amines) is 1. The Bertz CT molecular complexity index is 533. The summed E-state index contributed by atoms with van der Waals surface area (Å²) in [5, 5.41) is 3.02. The van der Waals surface area contributed by atoms with Gasteiger partial charge in [-0.2, -0.15) is 0 Å². The molecular weight excluding hydrogens is 328 g/mol. The lowest BCUT2D eigenvalue weighted by Gasteiger charge is -2.19. The van der Waals surface area contributed by atoms with E-state index in [1.165, 1.54) is 38.8 Å². The highest BCUT2D eigenvalue weighted by Gasteiger charge is 2.16. The van der Waals surface area contributed by atoms with Gasteiger partial charge in [0.25, 0.3) is 5.91 Å². The van der Waals surface area contributed by atoms with Crippen molar-refractivity contribution in [3.63, 3.8) is 0 Å². The van der Waals surface area contributed by atoms with Crippen molar-refractivity contribution >= 4 is 5.91 Å². The highest BCUT2D eigenvalue weighted by molar-refractivity contribution is 5.94. The Kier molecular flexibility index (Phi) is 7.77. The minimum atomic E-state index is -0.00783. The summed E-state index contributed by atoms with van der Waals surface area (Å²) in [6, 6.07) is 7.38. The molecule has 144 valence electrons. The molecule has 5 nitrogen and oxygen atoms in total. The van der Waals surface area contributed by atoms with Crippen molar-refractivity contribution in [3.8, 4) is 5.75 Å². The third kappa shape index (κ3) is 6.29. The predicted molar refractivity (Wildman–Crippen MR) is 103 cm³/mol. The summed E-state index contributed by atoms with van der Waals surface area (Å²) in [6.45, 7) is 5.65. The lowest BCUT2D eigenvalue weighted by molar-refractivity contribution is 0.0679. The van der Waals surface area contributed by atoms with Crippen LogP contribution in [-0.4, -0.2) is 56.3 Å². The maximum absolute atomic E-state index is 12.2. The van der Waals surface area contributed by atoms with Crippen LogP contribution in [0.3, 0.4) is 0 Å². The van der Waals surface area contributed by atoms with E-state index in [0.29, 0.717) is 12.2 Å². The summed E-state index contributed by atoms with van der Waals surface area (Å²) in [6.07, 6.45) is 8.75. The van der Waals surface area contributed by atoms with Gasteiger partial charge >= 0.3 is 0 Å². The average molecular weight is 360 g/mol. The van der Waals surface area contributed by atoms with Crippen LogP contribution in [-0.2, 0) is 4.74 Å². The SMILES string of the molecule is O=C(NCCCN1CCCCCC1)c1ccc(OCC2CCCO2)cc1. The number of amides is 1. The molecule has 0 aromatic heterocycles. The van der Waals surface area contributed by atoms with Gasteiger partial charge in [-0.25, -0.2) is 0 Å². The van der Waals surface area contributed by atoms with Gasteiger partial charge in [-0.1, -0.05) is 12.8 Å². The van der Waals surface area contributed by atoms with E-state index >= 15 is 0 Å². The number of carbonyl (C=O) groups is 1. The van der Waals surface area contributed by atoms with Crippen molar-refractivity contribution in [2.45, 2.75) is 51.0 Å². The Morgan fingerprint density at radius 2 is 1.88 bits per heavy atom. The van der Waals surface area contributed by atoms with Gasteiger partial charge in [0.05, 0.1) is 6.10 Å². The van der Waals surface area contributed by atoms with E-state index in [1.807, 2.05) is 24.3 Å². The third-order valence-electron chi connectivity index (χ3n) is 5.21. The number of rotatable bonds is 8. The lowest BCUT2D eigenvalue weighted by atomic mass is 10.2. The van der Waals surface area contributed by atoms with Crippen molar-refractivity contribution in [2.75, 3.05) is 39.4 Å². The molecule has 5 heteroatoms. The van der Waals surface area contributed by atoms with E-state index < -0.39 is 0 Å².